The fourth-order valence-electron chi connectivity index (χ4n) is 5.32. The van der Waals surface area contributed by atoms with Crippen molar-refractivity contribution in [1.82, 2.24) is 9.13 Å². The van der Waals surface area contributed by atoms with Gasteiger partial charge in [-0.25, -0.2) is 0 Å². The molecule has 0 radical (unpaired) electrons. The van der Waals surface area contributed by atoms with Crippen LogP contribution in [0.4, 0.5) is 11.4 Å². The molecule has 2 saturated carbocycles. The molecule has 4 rings (SSSR count). The van der Waals surface area contributed by atoms with Gasteiger partial charge in [0.2, 0.25) is 0 Å². The summed E-state index contributed by atoms with van der Waals surface area (Å²) in [6.45, 7) is 5.97. The van der Waals surface area contributed by atoms with Crippen molar-refractivity contribution in [3.05, 3.63) is 57.4 Å². The van der Waals surface area contributed by atoms with Gasteiger partial charge in [-0.15, -0.1) is 0 Å². The molecule has 0 aromatic carbocycles. The summed E-state index contributed by atoms with van der Waals surface area (Å²) in [5, 5.41) is 27.5. The van der Waals surface area contributed by atoms with Crippen LogP contribution in [0.1, 0.15) is 65.0 Å². The Morgan fingerprint density at radius 2 is 1.55 bits per heavy atom. The zero-order valence-corrected chi connectivity index (χ0v) is 19.6. The lowest BCUT2D eigenvalue weighted by Gasteiger charge is -2.43. The summed E-state index contributed by atoms with van der Waals surface area (Å²) >= 11 is 0. The molecule has 2 aromatic heterocycles. The molecule has 8 nitrogen and oxygen atoms in total. The molecule has 0 bridgehead atoms. The van der Waals surface area contributed by atoms with Crippen LogP contribution in [0.3, 0.4) is 0 Å². The van der Waals surface area contributed by atoms with Crippen LogP contribution in [-0.4, -0.2) is 43.6 Å². The summed E-state index contributed by atoms with van der Waals surface area (Å²) in [6.07, 6.45) is 6.27. The molecule has 2 aliphatic carbocycles. The molecule has 180 valence electrons. The molecule has 2 heterocycles. The second-order valence-corrected chi connectivity index (χ2v) is 9.97. The lowest BCUT2D eigenvalue weighted by molar-refractivity contribution is -0.0395. The van der Waals surface area contributed by atoms with Gasteiger partial charge in [-0.2, -0.15) is 0 Å². The van der Waals surface area contributed by atoms with Crippen molar-refractivity contribution in [2.24, 2.45) is 5.92 Å². The number of pyridine rings is 2. The van der Waals surface area contributed by atoms with Crippen LogP contribution in [0.15, 0.2) is 46.2 Å². The first-order valence-corrected chi connectivity index (χ1v) is 12.1. The van der Waals surface area contributed by atoms with Crippen molar-refractivity contribution < 1.29 is 10.2 Å². The summed E-state index contributed by atoms with van der Waals surface area (Å²) in [4.78, 5) is 25.7. The highest BCUT2D eigenvalue weighted by atomic mass is 16.3. The van der Waals surface area contributed by atoms with Crippen LogP contribution in [0.25, 0.3) is 0 Å². The monoisotopic (exact) mass is 456 g/mol. The van der Waals surface area contributed by atoms with Gasteiger partial charge in [0.1, 0.15) is 11.4 Å². The molecular formula is C25H36N4O4. The summed E-state index contributed by atoms with van der Waals surface area (Å²) in [7, 11) is 0. The second-order valence-electron chi connectivity index (χ2n) is 9.97. The standard InChI is InChI=1S/C25H36N4O4/c1-15(2)26-18-7-5-12-29(24(18)32)21-14-17(23(21)31)13-16(3)27-19-8-6-11-28(25(19)33)20-9-4-10-22(20)30/h5-8,11-12,15-17,20-23,26-27,30-31H,4,9-10,13-14H2,1-3H3/t16?,17?,20-,21-,22+,23+/m1/s1. The van der Waals surface area contributed by atoms with Crippen molar-refractivity contribution in [1.29, 1.82) is 0 Å². The van der Waals surface area contributed by atoms with E-state index >= 15 is 0 Å². The van der Waals surface area contributed by atoms with Crippen LogP contribution in [-0.2, 0) is 0 Å². The molecule has 4 N–H and O–H groups in total. The lowest BCUT2D eigenvalue weighted by Crippen LogP contribution is -2.48. The smallest absolute Gasteiger partial charge is 0.274 e. The Labute approximate surface area is 194 Å². The van der Waals surface area contributed by atoms with E-state index in [0.717, 1.165) is 19.3 Å². The van der Waals surface area contributed by atoms with Gasteiger partial charge in [0.25, 0.3) is 11.1 Å². The first kappa shape index (κ1) is 23.6. The van der Waals surface area contributed by atoms with Crippen molar-refractivity contribution in [3.63, 3.8) is 0 Å². The summed E-state index contributed by atoms with van der Waals surface area (Å²) in [5.74, 6) is 0.0497. The van der Waals surface area contributed by atoms with Crippen LogP contribution >= 0.6 is 0 Å². The average molecular weight is 457 g/mol. The van der Waals surface area contributed by atoms with Gasteiger partial charge in [0, 0.05) is 24.5 Å². The largest absolute Gasteiger partial charge is 0.391 e. The highest BCUT2D eigenvalue weighted by Crippen LogP contribution is 2.40. The minimum Gasteiger partial charge on any atom is -0.391 e. The average Bonchev–Trinajstić information content (AvgIpc) is 3.19. The summed E-state index contributed by atoms with van der Waals surface area (Å²) in [5.41, 5.74) is 0.825. The van der Waals surface area contributed by atoms with Gasteiger partial charge in [-0.1, -0.05) is 0 Å². The topological polar surface area (TPSA) is 109 Å². The molecular weight excluding hydrogens is 420 g/mol. The van der Waals surface area contributed by atoms with Gasteiger partial charge in [0.05, 0.1) is 24.3 Å². The van der Waals surface area contributed by atoms with E-state index in [2.05, 4.69) is 10.6 Å². The van der Waals surface area contributed by atoms with Gasteiger partial charge in [0.15, 0.2) is 0 Å². The number of aliphatic hydroxyl groups is 2. The predicted molar refractivity (Wildman–Crippen MR) is 130 cm³/mol. The van der Waals surface area contributed by atoms with E-state index in [1.165, 1.54) is 0 Å². The Hall–Kier alpha value is -2.58. The zero-order valence-electron chi connectivity index (χ0n) is 19.6. The van der Waals surface area contributed by atoms with E-state index < -0.39 is 12.2 Å². The number of rotatable bonds is 8. The van der Waals surface area contributed by atoms with Crippen LogP contribution in [0.5, 0.6) is 0 Å². The minimum absolute atomic E-state index is 0.0201. The maximum Gasteiger partial charge on any atom is 0.274 e. The second kappa shape index (κ2) is 9.73. The number of hydrogen-bond donors (Lipinski definition) is 4. The summed E-state index contributed by atoms with van der Waals surface area (Å²) < 4.78 is 3.28. The molecule has 0 amide bonds. The Morgan fingerprint density at radius 3 is 2.09 bits per heavy atom. The SMILES string of the molecule is CC(C)Nc1cccn([C@@H]2CC(CC(C)Nc3cccn([C@@H]4CCC[C@@H]4O)c3=O)[C@@H]2O)c1=O. The van der Waals surface area contributed by atoms with E-state index in [4.69, 9.17) is 0 Å². The Morgan fingerprint density at radius 1 is 0.939 bits per heavy atom. The first-order valence-electron chi connectivity index (χ1n) is 12.1. The number of aliphatic hydroxyl groups excluding tert-OH is 2. The summed E-state index contributed by atoms with van der Waals surface area (Å²) in [6, 6.07) is 6.93. The van der Waals surface area contributed by atoms with E-state index in [9.17, 15) is 19.8 Å². The van der Waals surface area contributed by atoms with Gasteiger partial charge in [-0.05, 0) is 83.1 Å². The molecule has 0 saturated heterocycles. The van der Waals surface area contributed by atoms with Gasteiger partial charge >= 0.3 is 0 Å². The number of nitrogens with one attached hydrogen (secondary N) is 2. The molecule has 0 aliphatic heterocycles. The Bertz CT molecular complexity index is 1080. The minimum atomic E-state index is -0.609. The highest BCUT2D eigenvalue weighted by Gasteiger charge is 2.42. The van der Waals surface area contributed by atoms with E-state index in [-0.39, 0.29) is 41.2 Å². The number of hydrogen-bond acceptors (Lipinski definition) is 6. The molecule has 33 heavy (non-hydrogen) atoms. The van der Waals surface area contributed by atoms with Gasteiger partial charge in [-0.3, -0.25) is 9.59 Å². The van der Waals surface area contributed by atoms with Crippen LogP contribution < -0.4 is 21.8 Å². The van der Waals surface area contributed by atoms with Crippen molar-refractivity contribution >= 4 is 11.4 Å². The maximum atomic E-state index is 12.9. The molecule has 6 atom stereocenters. The normalized spacial score (nSPS) is 27.9. The fraction of sp³-hybridized carbons (Fsp3) is 0.600. The fourth-order valence-corrected chi connectivity index (χ4v) is 5.32. The van der Waals surface area contributed by atoms with Crippen LogP contribution in [0, 0.1) is 5.92 Å². The Balaban J connectivity index is 1.38. The quantitative estimate of drug-likeness (QED) is 0.486. The molecule has 2 fully saturated rings. The predicted octanol–water partition coefficient (Wildman–Crippen LogP) is 2.73. The van der Waals surface area contributed by atoms with E-state index in [1.807, 2.05) is 32.9 Å². The third-order valence-electron chi connectivity index (χ3n) is 7.03. The maximum absolute atomic E-state index is 12.9. The third-order valence-corrected chi connectivity index (χ3v) is 7.03. The Kier molecular flexibility index (Phi) is 6.95. The first-order chi connectivity index (χ1) is 15.8. The van der Waals surface area contributed by atoms with Crippen molar-refractivity contribution in [3.8, 4) is 0 Å². The molecule has 2 aliphatic rings. The van der Waals surface area contributed by atoms with Crippen LogP contribution in [0.2, 0.25) is 0 Å². The lowest BCUT2D eigenvalue weighted by atomic mass is 9.73. The molecule has 2 unspecified atom stereocenters. The molecule has 0 spiro atoms. The van der Waals surface area contributed by atoms with E-state index in [0.29, 0.717) is 24.2 Å². The van der Waals surface area contributed by atoms with Crippen molar-refractivity contribution in [2.75, 3.05) is 10.6 Å². The third kappa shape index (κ3) is 4.87. The number of anilines is 2. The van der Waals surface area contributed by atoms with Crippen molar-refractivity contribution in [2.45, 2.75) is 89.3 Å². The molecule has 8 heteroatoms. The molecule has 2 aromatic rings. The van der Waals surface area contributed by atoms with Gasteiger partial charge < -0.3 is 30.0 Å². The number of aromatic nitrogens is 2. The number of nitrogens with zero attached hydrogens (tertiary/aromatic N) is 2. The highest BCUT2D eigenvalue weighted by molar-refractivity contribution is 5.42. The zero-order chi connectivity index (χ0) is 23.7. The van der Waals surface area contributed by atoms with E-state index in [1.54, 1.807) is 33.7 Å².